The monoisotopic (exact) mass is 245 g/mol. The number of fused-ring (bicyclic) bond motifs is 1. The van der Waals surface area contributed by atoms with Gasteiger partial charge in [-0.3, -0.25) is 0 Å². The molecule has 2 aliphatic rings. The number of rotatable bonds is 2. The van der Waals surface area contributed by atoms with Crippen LogP contribution in [0.4, 0.5) is 0 Å². The van der Waals surface area contributed by atoms with Crippen LogP contribution in [0.5, 0.6) is 0 Å². The Morgan fingerprint density at radius 1 is 1.39 bits per heavy atom. The van der Waals surface area contributed by atoms with E-state index in [1.165, 1.54) is 0 Å². The fourth-order valence-electron chi connectivity index (χ4n) is 2.72. The van der Waals surface area contributed by atoms with E-state index in [-0.39, 0.29) is 12.0 Å². The number of hydrogen-bond donors (Lipinski definition) is 3. The molecule has 0 aromatic heterocycles. The van der Waals surface area contributed by atoms with Gasteiger partial charge in [-0.15, -0.1) is 0 Å². The zero-order valence-corrected chi connectivity index (χ0v) is 9.89. The number of carboxylic acids is 1. The Bertz CT molecular complexity index is 513. The Kier molecular flexibility index (Phi) is 2.76. The van der Waals surface area contributed by atoms with Gasteiger partial charge in [0.2, 0.25) is 0 Å². The maximum atomic E-state index is 11.3. The van der Waals surface area contributed by atoms with Crippen LogP contribution in [0.1, 0.15) is 28.4 Å². The molecule has 3 N–H and O–H groups in total. The van der Waals surface area contributed by atoms with Gasteiger partial charge < -0.3 is 15.8 Å². The van der Waals surface area contributed by atoms with E-state index < -0.39 is 5.97 Å². The number of hydrogen-bond acceptors (Lipinski definition) is 4. The molecule has 1 aromatic rings. The normalized spacial score (nSPS) is 26.1. The average Bonchev–Trinajstić information content (AvgIpc) is 2.82. The lowest BCUT2D eigenvalue weighted by Gasteiger charge is -2.26. The number of aromatic carboxylic acids is 1. The second-order valence-electron chi connectivity index (χ2n) is 4.66. The number of piperidine rings is 1. The molecular weight excluding hydrogens is 230 g/mol. The molecule has 0 bridgehead atoms. The van der Waals surface area contributed by atoms with Gasteiger partial charge in [0, 0.05) is 31.1 Å². The number of carbonyl (C=O) groups is 1. The smallest absolute Gasteiger partial charge is 0.336 e. The van der Waals surface area contributed by atoms with Crippen LogP contribution in [0.25, 0.3) is 0 Å². The summed E-state index contributed by atoms with van der Waals surface area (Å²) in [5.41, 5.74) is 5.42. The van der Waals surface area contributed by atoms with Gasteiger partial charge in [0.15, 0.2) is 0 Å². The van der Waals surface area contributed by atoms with Crippen molar-refractivity contribution in [2.75, 3.05) is 13.1 Å². The SMILES string of the molecule is O=C(O)c1ccccc1C1NN=C2CCNCC21. The molecule has 0 saturated carbocycles. The first-order valence-electron chi connectivity index (χ1n) is 6.12. The summed E-state index contributed by atoms with van der Waals surface area (Å²) in [5, 5.41) is 16.9. The summed E-state index contributed by atoms with van der Waals surface area (Å²) >= 11 is 0. The third-order valence-electron chi connectivity index (χ3n) is 3.63. The Morgan fingerprint density at radius 3 is 3.06 bits per heavy atom. The van der Waals surface area contributed by atoms with Crippen LogP contribution in [0.15, 0.2) is 29.4 Å². The standard InChI is InChI=1S/C13H15N3O2/c17-13(18)9-4-2-1-3-8(9)12-10-7-14-6-5-11(10)15-16-12/h1-4,10,12,14,16H,5-7H2,(H,17,18). The third-order valence-corrected chi connectivity index (χ3v) is 3.63. The molecule has 1 fully saturated rings. The number of nitrogens with one attached hydrogen (secondary N) is 2. The lowest BCUT2D eigenvalue weighted by atomic mass is 9.85. The quantitative estimate of drug-likeness (QED) is 0.726. The van der Waals surface area contributed by atoms with Crippen molar-refractivity contribution in [3.8, 4) is 0 Å². The number of nitrogens with zero attached hydrogens (tertiary/aromatic N) is 1. The van der Waals surface area contributed by atoms with E-state index in [4.69, 9.17) is 0 Å². The second kappa shape index (κ2) is 4.42. The van der Waals surface area contributed by atoms with Crippen LogP contribution < -0.4 is 10.7 Å². The molecule has 0 radical (unpaired) electrons. The summed E-state index contributed by atoms with van der Waals surface area (Å²) in [6.45, 7) is 1.80. The van der Waals surface area contributed by atoms with Crippen LogP contribution in [0.3, 0.4) is 0 Å². The highest BCUT2D eigenvalue weighted by Gasteiger charge is 2.35. The minimum absolute atomic E-state index is 0.0277. The van der Waals surface area contributed by atoms with Crippen molar-refractivity contribution < 1.29 is 9.90 Å². The first-order chi connectivity index (χ1) is 8.77. The molecule has 2 aliphatic heterocycles. The van der Waals surface area contributed by atoms with Gasteiger partial charge in [0.1, 0.15) is 0 Å². The molecule has 1 saturated heterocycles. The molecule has 0 amide bonds. The molecule has 2 heterocycles. The minimum Gasteiger partial charge on any atom is -0.478 e. The van der Waals surface area contributed by atoms with Gasteiger partial charge in [-0.2, -0.15) is 5.10 Å². The van der Waals surface area contributed by atoms with Gasteiger partial charge in [0.25, 0.3) is 0 Å². The maximum Gasteiger partial charge on any atom is 0.336 e. The fourth-order valence-corrected chi connectivity index (χ4v) is 2.72. The molecule has 2 atom stereocenters. The zero-order valence-electron chi connectivity index (χ0n) is 9.89. The first-order valence-corrected chi connectivity index (χ1v) is 6.12. The molecule has 5 nitrogen and oxygen atoms in total. The Morgan fingerprint density at radius 2 is 2.22 bits per heavy atom. The van der Waals surface area contributed by atoms with Crippen LogP contribution in [-0.2, 0) is 0 Å². The highest BCUT2D eigenvalue weighted by Crippen LogP contribution is 2.31. The van der Waals surface area contributed by atoms with Crippen LogP contribution in [0.2, 0.25) is 0 Å². The second-order valence-corrected chi connectivity index (χ2v) is 4.66. The first kappa shape index (κ1) is 11.2. The molecule has 18 heavy (non-hydrogen) atoms. The van der Waals surface area contributed by atoms with Crippen molar-refractivity contribution in [3.63, 3.8) is 0 Å². The van der Waals surface area contributed by atoms with E-state index in [1.807, 2.05) is 12.1 Å². The summed E-state index contributed by atoms with van der Waals surface area (Å²) in [6.07, 6.45) is 0.934. The lowest BCUT2D eigenvalue weighted by Crippen LogP contribution is -2.38. The molecule has 0 spiro atoms. The number of benzene rings is 1. The number of carboxylic acid groups (broad SMARTS) is 1. The van der Waals surface area contributed by atoms with Crippen molar-refractivity contribution in [1.29, 1.82) is 0 Å². The maximum absolute atomic E-state index is 11.3. The Labute approximate surface area is 105 Å². The van der Waals surface area contributed by atoms with E-state index in [1.54, 1.807) is 12.1 Å². The van der Waals surface area contributed by atoms with Crippen LogP contribution in [0, 0.1) is 5.92 Å². The van der Waals surface area contributed by atoms with Gasteiger partial charge in [-0.25, -0.2) is 4.79 Å². The van der Waals surface area contributed by atoms with Crippen molar-refractivity contribution in [1.82, 2.24) is 10.7 Å². The summed E-state index contributed by atoms with van der Waals surface area (Å²) in [4.78, 5) is 11.3. The fraction of sp³-hybridized carbons (Fsp3) is 0.385. The summed E-state index contributed by atoms with van der Waals surface area (Å²) in [7, 11) is 0. The molecule has 3 rings (SSSR count). The third kappa shape index (κ3) is 1.76. The lowest BCUT2D eigenvalue weighted by molar-refractivity contribution is 0.0694. The average molecular weight is 245 g/mol. The summed E-state index contributed by atoms with van der Waals surface area (Å²) < 4.78 is 0. The van der Waals surface area contributed by atoms with E-state index in [9.17, 15) is 9.90 Å². The van der Waals surface area contributed by atoms with Crippen molar-refractivity contribution >= 4 is 11.7 Å². The van der Waals surface area contributed by atoms with Gasteiger partial charge in [-0.1, -0.05) is 18.2 Å². The molecule has 0 aliphatic carbocycles. The van der Waals surface area contributed by atoms with E-state index >= 15 is 0 Å². The molecule has 94 valence electrons. The van der Waals surface area contributed by atoms with Crippen LogP contribution in [-0.4, -0.2) is 29.9 Å². The van der Waals surface area contributed by atoms with Crippen LogP contribution >= 0.6 is 0 Å². The van der Waals surface area contributed by atoms with Gasteiger partial charge >= 0.3 is 5.97 Å². The van der Waals surface area contributed by atoms with E-state index in [2.05, 4.69) is 15.8 Å². The summed E-state index contributed by atoms with van der Waals surface area (Å²) in [5.74, 6) is -0.621. The Hall–Kier alpha value is -1.88. The Balaban J connectivity index is 1.94. The highest BCUT2D eigenvalue weighted by molar-refractivity contribution is 5.92. The predicted molar refractivity (Wildman–Crippen MR) is 67.7 cm³/mol. The minimum atomic E-state index is -0.885. The molecule has 5 heteroatoms. The number of hydrazone groups is 1. The molecule has 2 unspecified atom stereocenters. The largest absolute Gasteiger partial charge is 0.478 e. The van der Waals surface area contributed by atoms with Crippen molar-refractivity contribution in [2.45, 2.75) is 12.5 Å². The van der Waals surface area contributed by atoms with E-state index in [0.29, 0.717) is 5.56 Å². The molecular formula is C13H15N3O2. The van der Waals surface area contributed by atoms with E-state index in [0.717, 1.165) is 30.8 Å². The highest BCUT2D eigenvalue weighted by atomic mass is 16.4. The van der Waals surface area contributed by atoms with Crippen molar-refractivity contribution in [2.24, 2.45) is 11.0 Å². The van der Waals surface area contributed by atoms with Gasteiger partial charge in [0.05, 0.1) is 11.6 Å². The van der Waals surface area contributed by atoms with Gasteiger partial charge in [-0.05, 0) is 11.6 Å². The summed E-state index contributed by atoms with van der Waals surface area (Å²) in [6, 6.07) is 7.11. The zero-order chi connectivity index (χ0) is 12.5. The predicted octanol–water partition coefficient (Wildman–Crippen LogP) is 0.995. The topological polar surface area (TPSA) is 73.7 Å². The van der Waals surface area contributed by atoms with Crippen molar-refractivity contribution in [3.05, 3.63) is 35.4 Å². The molecule has 1 aromatic carbocycles.